The molecule has 0 saturated carbocycles. The first-order chi connectivity index (χ1) is 13.9. The maximum Gasteiger partial charge on any atom is 0.256 e. The van der Waals surface area contributed by atoms with Gasteiger partial charge in [-0.2, -0.15) is 10.2 Å². The monoisotopic (exact) mass is 410 g/mol. The zero-order valence-electron chi connectivity index (χ0n) is 16.0. The molecule has 0 atom stereocenters. The van der Waals surface area contributed by atoms with Gasteiger partial charge in [-0.05, 0) is 43.5 Å². The van der Waals surface area contributed by atoms with E-state index in [2.05, 4.69) is 15.2 Å². The maximum atomic E-state index is 13.2. The van der Waals surface area contributed by atoms with Crippen LogP contribution in [0.15, 0.2) is 41.5 Å². The van der Waals surface area contributed by atoms with Gasteiger partial charge >= 0.3 is 0 Å². The van der Waals surface area contributed by atoms with Crippen LogP contribution in [0.5, 0.6) is 11.5 Å². The predicted octanol–water partition coefficient (Wildman–Crippen LogP) is 3.43. The summed E-state index contributed by atoms with van der Waals surface area (Å²) in [6.07, 6.45) is 3.63. The number of amides is 1. The van der Waals surface area contributed by atoms with Crippen LogP contribution in [0.4, 0.5) is 0 Å². The second-order valence-corrected chi connectivity index (χ2v) is 7.39. The van der Waals surface area contributed by atoms with Crippen molar-refractivity contribution in [2.24, 2.45) is 0 Å². The molecular formula is C21H19ClN4O3. The fraction of sp³-hybridized carbons (Fsp3) is 0.238. The number of pyridine rings is 1. The van der Waals surface area contributed by atoms with Crippen molar-refractivity contribution in [1.82, 2.24) is 20.1 Å². The molecule has 29 heavy (non-hydrogen) atoms. The lowest BCUT2D eigenvalue weighted by molar-refractivity contribution is 0.0726. The van der Waals surface area contributed by atoms with Crippen LogP contribution in [0, 0.1) is 13.8 Å². The third-order valence-electron chi connectivity index (χ3n) is 4.97. The molecule has 0 aliphatic carbocycles. The van der Waals surface area contributed by atoms with Crippen LogP contribution in [0.1, 0.15) is 32.7 Å². The summed E-state index contributed by atoms with van der Waals surface area (Å²) in [5.41, 5.74) is 3.35. The van der Waals surface area contributed by atoms with Gasteiger partial charge in [0.15, 0.2) is 0 Å². The van der Waals surface area contributed by atoms with E-state index in [0.29, 0.717) is 35.6 Å². The summed E-state index contributed by atoms with van der Waals surface area (Å²) in [4.78, 5) is 30.0. The zero-order chi connectivity index (χ0) is 20.5. The van der Waals surface area contributed by atoms with Gasteiger partial charge in [0.1, 0.15) is 11.5 Å². The van der Waals surface area contributed by atoms with Gasteiger partial charge < -0.3 is 14.6 Å². The van der Waals surface area contributed by atoms with Gasteiger partial charge in [-0.25, -0.2) is 0 Å². The second-order valence-electron chi connectivity index (χ2n) is 7.01. The number of benzene rings is 1. The van der Waals surface area contributed by atoms with Crippen LogP contribution in [0.3, 0.4) is 0 Å². The van der Waals surface area contributed by atoms with Gasteiger partial charge in [-0.3, -0.25) is 9.59 Å². The largest absolute Gasteiger partial charge is 0.454 e. The molecule has 1 aliphatic heterocycles. The third-order valence-corrected chi connectivity index (χ3v) is 5.35. The number of carbonyl (C=O) groups excluding carboxylic acids is 1. The van der Waals surface area contributed by atoms with Gasteiger partial charge in [0.2, 0.25) is 0 Å². The number of H-pyrrole nitrogens is 1. The molecule has 8 heteroatoms. The number of ether oxygens (including phenoxy) is 1. The van der Waals surface area contributed by atoms with Gasteiger partial charge in [-0.1, -0.05) is 17.7 Å². The summed E-state index contributed by atoms with van der Waals surface area (Å²) < 4.78 is 5.77. The van der Waals surface area contributed by atoms with Crippen LogP contribution in [-0.2, 0) is 13.0 Å². The van der Waals surface area contributed by atoms with E-state index in [1.165, 1.54) is 12.4 Å². The lowest BCUT2D eigenvalue weighted by Gasteiger charge is -2.30. The molecule has 3 aromatic rings. The molecule has 7 nitrogen and oxygen atoms in total. The molecule has 3 heterocycles. The number of halogens is 1. The minimum Gasteiger partial charge on any atom is -0.454 e. The Morgan fingerprint density at radius 3 is 2.76 bits per heavy atom. The van der Waals surface area contributed by atoms with Crippen molar-refractivity contribution < 1.29 is 9.53 Å². The standard InChI is InChI=1S/C21H19ClN4O3/c1-12-9-13(2)25-20(27)16(12)11-26-8-6-14-3-4-17(19(22)18(14)21(26)28)29-15-5-7-23-24-10-15/h3-5,7,9-10H,6,8,11H2,1-2H3,(H,25,27). The SMILES string of the molecule is Cc1cc(C)c(CN2CCc3ccc(Oc4ccnnc4)c(Cl)c3C2=O)c(=O)[nH]1. The van der Waals surface area contributed by atoms with Crippen molar-refractivity contribution in [3.63, 3.8) is 0 Å². The van der Waals surface area contributed by atoms with Gasteiger partial charge in [-0.15, -0.1) is 0 Å². The highest BCUT2D eigenvalue weighted by atomic mass is 35.5. The summed E-state index contributed by atoms with van der Waals surface area (Å²) in [7, 11) is 0. The van der Waals surface area contributed by atoms with E-state index in [1.54, 1.807) is 17.0 Å². The topological polar surface area (TPSA) is 88.2 Å². The Balaban J connectivity index is 1.65. The molecule has 148 valence electrons. The van der Waals surface area contributed by atoms with Crippen LogP contribution in [0.2, 0.25) is 5.02 Å². The normalized spacial score (nSPS) is 13.3. The van der Waals surface area contributed by atoms with Crippen LogP contribution >= 0.6 is 11.6 Å². The highest BCUT2D eigenvalue weighted by molar-refractivity contribution is 6.35. The Kier molecular flexibility index (Phi) is 5.07. The van der Waals surface area contributed by atoms with E-state index in [9.17, 15) is 9.59 Å². The van der Waals surface area contributed by atoms with E-state index in [-0.39, 0.29) is 23.0 Å². The van der Waals surface area contributed by atoms with Gasteiger partial charge in [0.05, 0.1) is 29.5 Å². The Morgan fingerprint density at radius 2 is 2.03 bits per heavy atom. The lowest BCUT2D eigenvalue weighted by Crippen LogP contribution is -2.39. The number of rotatable bonds is 4. The molecule has 1 aromatic carbocycles. The Bertz CT molecular complexity index is 1140. The average Bonchev–Trinajstić information content (AvgIpc) is 2.69. The summed E-state index contributed by atoms with van der Waals surface area (Å²) in [6.45, 7) is 4.46. The third kappa shape index (κ3) is 3.73. The number of aromatic amines is 1. The first-order valence-electron chi connectivity index (χ1n) is 9.18. The first-order valence-corrected chi connectivity index (χ1v) is 9.56. The number of hydrogen-bond donors (Lipinski definition) is 1. The molecule has 0 spiro atoms. The van der Waals surface area contributed by atoms with Gasteiger partial charge in [0.25, 0.3) is 11.5 Å². The van der Waals surface area contributed by atoms with Crippen LogP contribution < -0.4 is 10.3 Å². The number of aromatic nitrogens is 3. The average molecular weight is 411 g/mol. The predicted molar refractivity (Wildman–Crippen MR) is 109 cm³/mol. The van der Waals surface area contributed by atoms with E-state index < -0.39 is 0 Å². The molecule has 0 saturated heterocycles. The highest BCUT2D eigenvalue weighted by Crippen LogP contribution is 2.36. The zero-order valence-corrected chi connectivity index (χ0v) is 16.8. The van der Waals surface area contributed by atoms with Crippen molar-refractivity contribution >= 4 is 17.5 Å². The molecule has 0 fully saturated rings. The molecule has 4 rings (SSSR count). The minimum absolute atomic E-state index is 0.172. The summed E-state index contributed by atoms with van der Waals surface area (Å²) in [6, 6.07) is 7.16. The number of aryl methyl sites for hydroxylation is 2. The molecule has 1 N–H and O–H groups in total. The molecular weight excluding hydrogens is 392 g/mol. The van der Waals surface area contributed by atoms with Crippen LogP contribution in [0.25, 0.3) is 0 Å². The summed E-state index contributed by atoms with van der Waals surface area (Å²) in [5, 5.41) is 7.73. The number of nitrogens with zero attached hydrogens (tertiary/aromatic N) is 3. The molecule has 0 radical (unpaired) electrons. The van der Waals surface area contributed by atoms with E-state index in [0.717, 1.165) is 16.8 Å². The van der Waals surface area contributed by atoms with Gasteiger partial charge in [0, 0.05) is 23.9 Å². The van der Waals surface area contributed by atoms with Crippen molar-refractivity contribution in [3.8, 4) is 11.5 Å². The van der Waals surface area contributed by atoms with Crippen molar-refractivity contribution in [2.75, 3.05) is 6.54 Å². The number of carbonyl (C=O) groups is 1. The van der Waals surface area contributed by atoms with E-state index >= 15 is 0 Å². The van der Waals surface area contributed by atoms with Crippen molar-refractivity contribution in [2.45, 2.75) is 26.8 Å². The molecule has 1 aliphatic rings. The lowest BCUT2D eigenvalue weighted by atomic mass is 9.97. The quantitative estimate of drug-likeness (QED) is 0.711. The minimum atomic E-state index is -0.214. The number of nitrogens with one attached hydrogen (secondary N) is 1. The molecule has 1 amide bonds. The van der Waals surface area contributed by atoms with Crippen LogP contribution in [-0.4, -0.2) is 32.5 Å². The number of hydrogen-bond acceptors (Lipinski definition) is 5. The van der Waals surface area contributed by atoms with E-state index in [4.69, 9.17) is 16.3 Å². The molecule has 2 aromatic heterocycles. The Morgan fingerprint density at radius 1 is 1.21 bits per heavy atom. The van der Waals surface area contributed by atoms with Crippen molar-refractivity contribution in [1.29, 1.82) is 0 Å². The Hall–Kier alpha value is -3.19. The summed E-state index contributed by atoms with van der Waals surface area (Å²) >= 11 is 6.55. The second kappa shape index (κ2) is 7.67. The fourth-order valence-corrected chi connectivity index (χ4v) is 3.82. The summed E-state index contributed by atoms with van der Waals surface area (Å²) in [5.74, 6) is 0.635. The van der Waals surface area contributed by atoms with Crippen molar-refractivity contribution in [3.05, 3.63) is 80.0 Å². The first kappa shape index (κ1) is 19.1. The Labute approximate surface area is 172 Å². The fourth-order valence-electron chi connectivity index (χ4n) is 3.52. The smallest absolute Gasteiger partial charge is 0.256 e. The highest BCUT2D eigenvalue weighted by Gasteiger charge is 2.29. The number of fused-ring (bicyclic) bond motifs is 1. The molecule has 0 bridgehead atoms. The molecule has 0 unspecified atom stereocenters. The maximum absolute atomic E-state index is 13.2. The van der Waals surface area contributed by atoms with E-state index in [1.807, 2.05) is 26.0 Å².